The van der Waals surface area contributed by atoms with Gasteiger partial charge in [0.15, 0.2) is 40.5 Å². The highest BCUT2D eigenvalue weighted by atomic mass is 16.6. The van der Waals surface area contributed by atoms with Crippen LogP contribution in [0.3, 0.4) is 0 Å². The summed E-state index contributed by atoms with van der Waals surface area (Å²) in [4.78, 5) is 15.1. The number of nitrogens with zero attached hydrogens (tertiary/aromatic N) is 3. The molecule has 2 aliphatic rings. The summed E-state index contributed by atoms with van der Waals surface area (Å²) in [6, 6.07) is 51.4. The molecule has 9 aromatic rings. The summed E-state index contributed by atoms with van der Waals surface area (Å²) in [5.41, 5.74) is 11.0. The van der Waals surface area contributed by atoms with Gasteiger partial charge in [-0.15, -0.1) is 0 Å². The predicted octanol–water partition coefficient (Wildman–Crippen LogP) is 12.6. The third-order valence-corrected chi connectivity index (χ3v) is 10.8. The zero-order valence-electron chi connectivity index (χ0n) is 29.5. The predicted molar refractivity (Wildman–Crippen MR) is 213 cm³/mol. The molecule has 0 N–H and O–H groups in total. The van der Waals surface area contributed by atoms with E-state index in [2.05, 4.69) is 98.8 Å². The Bertz CT molecular complexity index is 2970. The first kappa shape index (κ1) is 30.6. The SMILES string of the molecule is CC1(C)c2ccccc2-c2cc3c(cc21)Oc1cccc(-c2nc(-c4ccccc4)nc(-c4ccc(-c5cccc6c5oc5ccccc56)cc4)n2)c1O3. The molecule has 0 atom stereocenters. The maximum Gasteiger partial charge on any atom is 0.181 e. The summed E-state index contributed by atoms with van der Waals surface area (Å²) in [5, 5.41) is 2.20. The van der Waals surface area contributed by atoms with E-state index in [1.165, 1.54) is 16.7 Å². The van der Waals surface area contributed by atoms with E-state index in [-0.39, 0.29) is 5.41 Å². The minimum absolute atomic E-state index is 0.152. The van der Waals surface area contributed by atoms with Gasteiger partial charge in [-0.1, -0.05) is 135 Å². The largest absolute Gasteiger partial charge is 0.455 e. The topological polar surface area (TPSA) is 70.3 Å². The lowest BCUT2D eigenvalue weighted by molar-refractivity contribution is 0.360. The molecular weight excluding hydrogens is 667 g/mol. The molecule has 2 aromatic heterocycles. The van der Waals surface area contributed by atoms with Crippen LogP contribution in [-0.2, 0) is 5.41 Å². The molecule has 0 bridgehead atoms. The van der Waals surface area contributed by atoms with E-state index in [1.807, 2.05) is 66.7 Å². The van der Waals surface area contributed by atoms with Crippen molar-refractivity contribution in [3.8, 4) is 79.4 Å². The van der Waals surface area contributed by atoms with Gasteiger partial charge in [-0.3, -0.25) is 0 Å². The van der Waals surface area contributed by atoms with E-state index in [0.29, 0.717) is 46.0 Å². The van der Waals surface area contributed by atoms with Gasteiger partial charge in [0.05, 0.1) is 5.56 Å². The molecule has 54 heavy (non-hydrogen) atoms. The van der Waals surface area contributed by atoms with Crippen molar-refractivity contribution >= 4 is 21.9 Å². The highest BCUT2D eigenvalue weighted by molar-refractivity contribution is 6.09. The number of ether oxygens (including phenoxy) is 2. The Labute approximate surface area is 311 Å². The van der Waals surface area contributed by atoms with Crippen molar-refractivity contribution in [3.05, 3.63) is 163 Å². The van der Waals surface area contributed by atoms with Crippen molar-refractivity contribution in [2.75, 3.05) is 0 Å². The van der Waals surface area contributed by atoms with Gasteiger partial charge in [-0.05, 0) is 58.1 Å². The van der Waals surface area contributed by atoms with Crippen molar-refractivity contribution in [1.82, 2.24) is 15.0 Å². The number of aromatic nitrogens is 3. The van der Waals surface area contributed by atoms with Crippen LogP contribution in [-0.4, -0.2) is 15.0 Å². The normalized spacial score (nSPS) is 13.4. The molecule has 7 aromatic carbocycles. The van der Waals surface area contributed by atoms with E-state index in [1.54, 1.807) is 0 Å². The summed E-state index contributed by atoms with van der Waals surface area (Å²) in [6.45, 7) is 4.52. The van der Waals surface area contributed by atoms with Gasteiger partial charge in [0.2, 0.25) is 0 Å². The van der Waals surface area contributed by atoms with Crippen LogP contribution >= 0.6 is 0 Å². The first-order valence-corrected chi connectivity index (χ1v) is 18.1. The summed E-state index contributed by atoms with van der Waals surface area (Å²) in [6.07, 6.45) is 0. The number of benzene rings is 7. The standard InChI is InChI=1S/C48H31N3O3/c1-48(2)37-19-8-6-14-32(37)36-26-41-42(27-38(36)48)52-40-21-11-18-35(44(40)54-41)47-50-45(29-12-4-3-5-13-29)49-46(51-47)30-24-22-28(23-25-30)31-16-10-17-34-33-15-7-9-20-39(33)53-43(31)34/h3-27H,1-2H3. The van der Waals surface area contributed by atoms with Gasteiger partial charge < -0.3 is 13.9 Å². The van der Waals surface area contributed by atoms with Gasteiger partial charge in [0.1, 0.15) is 11.2 Å². The van der Waals surface area contributed by atoms with E-state index < -0.39 is 0 Å². The Hall–Kier alpha value is -7.05. The average Bonchev–Trinajstić information content (AvgIpc) is 3.71. The lowest BCUT2D eigenvalue weighted by Crippen LogP contribution is -2.15. The van der Waals surface area contributed by atoms with Crippen molar-refractivity contribution in [1.29, 1.82) is 0 Å². The molecule has 0 fully saturated rings. The maximum absolute atomic E-state index is 6.75. The van der Waals surface area contributed by atoms with Crippen LogP contribution in [0, 0.1) is 0 Å². The van der Waals surface area contributed by atoms with Gasteiger partial charge in [-0.2, -0.15) is 0 Å². The third kappa shape index (κ3) is 4.63. The van der Waals surface area contributed by atoms with Crippen molar-refractivity contribution in [2.24, 2.45) is 0 Å². The first-order chi connectivity index (χ1) is 26.5. The fourth-order valence-electron chi connectivity index (χ4n) is 8.09. The Morgan fingerprint density at radius 3 is 1.91 bits per heavy atom. The van der Waals surface area contributed by atoms with Crippen LogP contribution in [0.25, 0.3) is 78.4 Å². The number of hydrogen-bond donors (Lipinski definition) is 0. The molecule has 0 unspecified atom stereocenters. The van der Waals surface area contributed by atoms with E-state index in [9.17, 15) is 0 Å². The quantitative estimate of drug-likeness (QED) is 0.182. The van der Waals surface area contributed by atoms with E-state index in [4.69, 9.17) is 28.8 Å². The summed E-state index contributed by atoms with van der Waals surface area (Å²) in [7, 11) is 0. The summed E-state index contributed by atoms with van der Waals surface area (Å²) in [5.74, 6) is 4.15. The fraction of sp³-hybridized carbons (Fsp3) is 0.0625. The van der Waals surface area contributed by atoms with Gasteiger partial charge in [0.25, 0.3) is 0 Å². The number of furan rings is 1. The maximum atomic E-state index is 6.75. The second-order valence-corrected chi connectivity index (χ2v) is 14.4. The minimum Gasteiger partial charge on any atom is -0.455 e. The Balaban J connectivity index is 1.01. The molecule has 6 nitrogen and oxygen atoms in total. The summed E-state index contributed by atoms with van der Waals surface area (Å²) < 4.78 is 19.7. The molecule has 0 spiro atoms. The van der Waals surface area contributed by atoms with E-state index >= 15 is 0 Å². The van der Waals surface area contributed by atoms with Crippen LogP contribution in [0.5, 0.6) is 23.0 Å². The Kier molecular flexibility index (Phi) is 6.49. The molecule has 256 valence electrons. The molecule has 0 radical (unpaired) electrons. The lowest BCUT2D eigenvalue weighted by Gasteiger charge is -2.26. The molecule has 1 aliphatic heterocycles. The first-order valence-electron chi connectivity index (χ1n) is 18.1. The summed E-state index contributed by atoms with van der Waals surface area (Å²) >= 11 is 0. The third-order valence-electron chi connectivity index (χ3n) is 10.8. The Morgan fingerprint density at radius 2 is 1.06 bits per heavy atom. The zero-order valence-corrected chi connectivity index (χ0v) is 29.5. The monoisotopic (exact) mass is 697 g/mol. The van der Waals surface area contributed by atoms with Crippen LogP contribution < -0.4 is 9.47 Å². The van der Waals surface area contributed by atoms with Crippen molar-refractivity contribution in [3.63, 3.8) is 0 Å². The number of fused-ring (bicyclic) bond motifs is 8. The lowest BCUT2D eigenvalue weighted by atomic mass is 9.82. The van der Waals surface area contributed by atoms with Crippen molar-refractivity contribution in [2.45, 2.75) is 19.3 Å². The minimum atomic E-state index is -0.152. The second kappa shape index (κ2) is 11.5. The smallest absolute Gasteiger partial charge is 0.181 e. The molecule has 0 saturated carbocycles. The number of hydrogen-bond acceptors (Lipinski definition) is 6. The Morgan fingerprint density at radius 1 is 0.426 bits per heavy atom. The van der Waals surface area contributed by atoms with Crippen LogP contribution in [0.1, 0.15) is 25.0 Å². The number of rotatable bonds is 4. The highest BCUT2D eigenvalue weighted by Gasteiger charge is 2.37. The van der Waals surface area contributed by atoms with Gasteiger partial charge in [-0.25, -0.2) is 15.0 Å². The van der Waals surface area contributed by atoms with Crippen LogP contribution in [0.4, 0.5) is 0 Å². The highest BCUT2D eigenvalue weighted by Crippen LogP contribution is 2.56. The molecule has 6 heteroatoms. The molecule has 1 aliphatic carbocycles. The molecule has 0 saturated heterocycles. The van der Waals surface area contributed by atoms with Crippen LogP contribution in [0.15, 0.2) is 156 Å². The fourth-order valence-corrected chi connectivity index (χ4v) is 8.09. The molecule has 0 amide bonds. The zero-order chi connectivity index (χ0) is 36.0. The molecule has 3 heterocycles. The molecular formula is C48H31N3O3. The van der Waals surface area contributed by atoms with Crippen LogP contribution in [0.2, 0.25) is 0 Å². The van der Waals surface area contributed by atoms with Gasteiger partial charge >= 0.3 is 0 Å². The van der Waals surface area contributed by atoms with Crippen molar-refractivity contribution < 1.29 is 13.9 Å². The number of para-hydroxylation sites is 3. The molecule has 11 rings (SSSR count). The second-order valence-electron chi connectivity index (χ2n) is 14.4. The van der Waals surface area contributed by atoms with E-state index in [0.717, 1.165) is 49.8 Å². The average molecular weight is 698 g/mol. The van der Waals surface area contributed by atoms with Gasteiger partial charge in [0, 0.05) is 32.9 Å².